The molecule has 0 bridgehead atoms. The maximum atomic E-state index is 13.2. The van der Waals surface area contributed by atoms with Crippen molar-refractivity contribution >= 4 is 5.95 Å². The van der Waals surface area contributed by atoms with E-state index in [0.717, 1.165) is 19.0 Å². The normalized spacial score (nSPS) is 10.1. The van der Waals surface area contributed by atoms with Crippen LogP contribution in [-0.2, 0) is 0 Å². The van der Waals surface area contributed by atoms with E-state index in [4.69, 9.17) is 4.74 Å². The van der Waals surface area contributed by atoms with Gasteiger partial charge >= 0.3 is 0 Å². The van der Waals surface area contributed by atoms with Crippen molar-refractivity contribution < 1.29 is 9.13 Å². The van der Waals surface area contributed by atoms with Gasteiger partial charge in [-0.25, -0.2) is 4.98 Å². The highest BCUT2D eigenvalue weighted by atomic mass is 19.1. The van der Waals surface area contributed by atoms with E-state index >= 15 is 0 Å². The quantitative estimate of drug-likeness (QED) is 0.736. The molecule has 0 radical (unpaired) electrons. The fourth-order valence-electron chi connectivity index (χ4n) is 1.01. The van der Waals surface area contributed by atoms with Gasteiger partial charge in [-0.2, -0.15) is 9.37 Å². The van der Waals surface area contributed by atoms with Gasteiger partial charge in [-0.15, -0.1) is 0 Å². The molecule has 0 fully saturated rings. The zero-order valence-corrected chi connectivity index (χ0v) is 9.09. The van der Waals surface area contributed by atoms with Gasteiger partial charge in [0.2, 0.25) is 11.8 Å². The molecule has 84 valence electrons. The summed E-state index contributed by atoms with van der Waals surface area (Å²) in [5.74, 6) is -0.104. The maximum Gasteiger partial charge on any atom is 0.255 e. The van der Waals surface area contributed by atoms with E-state index in [-0.39, 0.29) is 5.88 Å². The smallest absolute Gasteiger partial charge is 0.255 e. The van der Waals surface area contributed by atoms with Gasteiger partial charge in [0, 0.05) is 6.54 Å². The lowest BCUT2D eigenvalue weighted by atomic mass is 10.4. The first-order valence-corrected chi connectivity index (χ1v) is 5.17. The van der Waals surface area contributed by atoms with Crippen molar-refractivity contribution in [3.63, 3.8) is 0 Å². The fraction of sp³-hybridized carbons (Fsp3) is 0.600. The van der Waals surface area contributed by atoms with Gasteiger partial charge in [-0.1, -0.05) is 13.3 Å². The SMILES string of the molecule is CCCCOc1nc(NCC)ncc1F. The maximum absolute atomic E-state index is 13.2. The molecular formula is C10H16FN3O. The van der Waals surface area contributed by atoms with Crippen LogP contribution in [0.25, 0.3) is 0 Å². The Balaban J connectivity index is 2.63. The van der Waals surface area contributed by atoms with Gasteiger partial charge in [-0.3, -0.25) is 0 Å². The van der Waals surface area contributed by atoms with Gasteiger partial charge in [0.1, 0.15) is 0 Å². The summed E-state index contributed by atoms with van der Waals surface area (Å²) >= 11 is 0. The van der Waals surface area contributed by atoms with Crippen LogP contribution in [0.2, 0.25) is 0 Å². The Morgan fingerprint density at radius 3 is 2.93 bits per heavy atom. The molecule has 0 saturated heterocycles. The molecule has 0 aliphatic heterocycles. The first-order chi connectivity index (χ1) is 7.27. The molecule has 0 aliphatic carbocycles. The molecule has 0 amide bonds. The molecule has 1 rings (SSSR count). The zero-order chi connectivity index (χ0) is 11.1. The van der Waals surface area contributed by atoms with Gasteiger partial charge in [0.05, 0.1) is 12.8 Å². The monoisotopic (exact) mass is 213 g/mol. The minimum absolute atomic E-state index is 0.0226. The van der Waals surface area contributed by atoms with Crippen LogP contribution in [0.1, 0.15) is 26.7 Å². The van der Waals surface area contributed by atoms with Crippen LogP contribution in [0.15, 0.2) is 6.20 Å². The van der Waals surface area contributed by atoms with Crippen molar-refractivity contribution in [3.8, 4) is 5.88 Å². The number of aromatic nitrogens is 2. The predicted molar refractivity (Wildman–Crippen MR) is 56.6 cm³/mol. The Hall–Kier alpha value is -1.39. The summed E-state index contributed by atoms with van der Waals surface area (Å²) in [4.78, 5) is 7.69. The lowest BCUT2D eigenvalue weighted by Crippen LogP contribution is -2.06. The molecule has 1 heterocycles. The van der Waals surface area contributed by atoms with Gasteiger partial charge in [-0.05, 0) is 13.3 Å². The first kappa shape index (κ1) is 11.7. The number of anilines is 1. The predicted octanol–water partition coefficient (Wildman–Crippen LogP) is 2.23. The second-order valence-electron chi connectivity index (χ2n) is 3.08. The average Bonchev–Trinajstić information content (AvgIpc) is 2.23. The highest BCUT2D eigenvalue weighted by Gasteiger charge is 2.07. The van der Waals surface area contributed by atoms with Crippen molar-refractivity contribution in [1.82, 2.24) is 9.97 Å². The fourth-order valence-corrected chi connectivity index (χ4v) is 1.01. The Kier molecular flexibility index (Phi) is 4.80. The highest BCUT2D eigenvalue weighted by Crippen LogP contribution is 2.14. The third-order valence-electron chi connectivity index (χ3n) is 1.78. The molecular weight excluding hydrogens is 197 g/mol. The van der Waals surface area contributed by atoms with Gasteiger partial charge in [0.25, 0.3) is 5.88 Å². The highest BCUT2D eigenvalue weighted by molar-refractivity contribution is 5.27. The van der Waals surface area contributed by atoms with E-state index in [1.165, 1.54) is 0 Å². The summed E-state index contributed by atoms with van der Waals surface area (Å²) in [7, 11) is 0. The van der Waals surface area contributed by atoms with Crippen LogP contribution in [0.3, 0.4) is 0 Å². The van der Waals surface area contributed by atoms with Crippen LogP contribution in [0.5, 0.6) is 5.88 Å². The average molecular weight is 213 g/mol. The zero-order valence-electron chi connectivity index (χ0n) is 9.09. The van der Waals surface area contributed by atoms with Crippen molar-refractivity contribution in [3.05, 3.63) is 12.0 Å². The molecule has 5 heteroatoms. The number of halogens is 1. The summed E-state index contributed by atoms with van der Waals surface area (Å²) in [6.07, 6.45) is 3.01. The van der Waals surface area contributed by atoms with E-state index in [0.29, 0.717) is 19.1 Å². The Bertz CT molecular complexity index is 307. The summed E-state index contributed by atoms with van der Waals surface area (Å²) in [6, 6.07) is 0. The van der Waals surface area contributed by atoms with Gasteiger partial charge < -0.3 is 10.1 Å². The van der Waals surface area contributed by atoms with Crippen LogP contribution in [0.4, 0.5) is 10.3 Å². The molecule has 0 aromatic carbocycles. The third-order valence-corrected chi connectivity index (χ3v) is 1.78. The number of rotatable bonds is 6. The van der Waals surface area contributed by atoms with Crippen LogP contribution in [0, 0.1) is 5.82 Å². The molecule has 1 N–H and O–H groups in total. The van der Waals surface area contributed by atoms with Crippen LogP contribution in [-0.4, -0.2) is 23.1 Å². The lowest BCUT2D eigenvalue weighted by molar-refractivity contribution is 0.281. The lowest BCUT2D eigenvalue weighted by Gasteiger charge is -2.07. The Morgan fingerprint density at radius 1 is 1.47 bits per heavy atom. The number of hydrogen-bond donors (Lipinski definition) is 1. The van der Waals surface area contributed by atoms with Crippen molar-refractivity contribution in [2.75, 3.05) is 18.5 Å². The second-order valence-corrected chi connectivity index (χ2v) is 3.08. The van der Waals surface area contributed by atoms with Crippen LogP contribution < -0.4 is 10.1 Å². The number of hydrogen-bond acceptors (Lipinski definition) is 4. The Morgan fingerprint density at radius 2 is 2.27 bits per heavy atom. The van der Waals surface area contributed by atoms with E-state index in [2.05, 4.69) is 15.3 Å². The molecule has 1 aromatic rings. The summed E-state index contributed by atoms with van der Waals surface area (Å²) in [5.41, 5.74) is 0. The van der Waals surface area contributed by atoms with E-state index in [1.54, 1.807) is 0 Å². The molecule has 0 saturated carbocycles. The minimum atomic E-state index is -0.521. The number of ether oxygens (including phenoxy) is 1. The second kappa shape index (κ2) is 6.16. The third kappa shape index (κ3) is 3.69. The Labute approximate surface area is 88.9 Å². The summed E-state index contributed by atoms with van der Waals surface area (Å²) < 4.78 is 18.4. The molecule has 0 aliphatic rings. The van der Waals surface area contributed by atoms with Crippen LogP contribution >= 0.6 is 0 Å². The minimum Gasteiger partial charge on any atom is -0.475 e. The van der Waals surface area contributed by atoms with E-state index in [1.807, 2.05) is 13.8 Å². The van der Waals surface area contributed by atoms with Crippen molar-refractivity contribution in [1.29, 1.82) is 0 Å². The number of unbranched alkanes of at least 4 members (excludes halogenated alkanes) is 1. The number of nitrogens with zero attached hydrogens (tertiary/aromatic N) is 2. The molecule has 15 heavy (non-hydrogen) atoms. The number of nitrogens with one attached hydrogen (secondary N) is 1. The molecule has 0 unspecified atom stereocenters. The van der Waals surface area contributed by atoms with E-state index < -0.39 is 5.82 Å². The largest absolute Gasteiger partial charge is 0.475 e. The molecule has 0 atom stereocenters. The molecule has 1 aromatic heterocycles. The standard InChI is InChI=1S/C10H16FN3O/c1-3-5-6-15-9-8(11)7-13-10(14-9)12-4-2/h7H,3-6H2,1-2H3,(H,12,13,14). The van der Waals surface area contributed by atoms with Crippen molar-refractivity contribution in [2.45, 2.75) is 26.7 Å². The summed E-state index contributed by atoms with van der Waals surface area (Å²) in [6.45, 7) is 5.14. The van der Waals surface area contributed by atoms with E-state index in [9.17, 15) is 4.39 Å². The topological polar surface area (TPSA) is 47.0 Å². The van der Waals surface area contributed by atoms with Crippen molar-refractivity contribution in [2.24, 2.45) is 0 Å². The van der Waals surface area contributed by atoms with Gasteiger partial charge in [0.15, 0.2) is 0 Å². The molecule has 0 spiro atoms. The first-order valence-electron chi connectivity index (χ1n) is 5.17. The molecule has 4 nitrogen and oxygen atoms in total. The summed E-state index contributed by atoms with van der Waals surface area (Å²) in [5, 5.41) is 2.90.